The molecule has 3 aromatic rings. The number of aromatic amines is 1. The van der Waals surface area contributed by atoms with Gasteiger partial charge in [0.15, 0.2) is 6.10 Å². The highest BCUT2D eigenvalue weighted by atomic mass is 79.9. The lowest BCUT2D eigenvalue weighted by molar-refractivity contribution is -0.123. The molecule has 0 saturated carbocycles. The molecule has 1 amide bonds. The average molecular weight is 423 g/mol. The molecule has 2 aromatic carbocycles. The van der Waals surface area contributed by atoms with E-state index < -0.39 is 35.3 Å². The van der Waals surface area contributed by atoms with E-state index in [9.17, 15) is 18.4 Å². The van der Waals surface area contributed by atoms with Crippen LogP contribution < -0.4 is 5.32 Å². The van der Waals surface area contributed by atoms with E-state index in [4.69, 9.17) is 4.74 Å². The molecule has 0 aliphatic carbocycles. The summed E-state index contributed by atoms with van der Waals surface area (Å²) in [7, 11) is 0. The van der Waals surface area contributed by atoms with Crippen molar-refractivity contribution in [3.63, 3.8) is 0 Å². The van der Waals surface area contributed by atoms with Crippen molar-refractivity contribution in [2.24, 2.45) is 0 Å². The smallest absolute Gasteiger partial charge is 0.341 e. The van der Waals surface area contributed by atoms with Gasteiger partial charge in [0.25, 0.3) is 5.91 Å². The molecule has 1 heterocycles. The van der Waals surface area contributed by atoms with E-state index in [1.807, 2.05) is 6.07 Å². The Labute approximate surface area is 155 Å². The second-order valence-electron chi connectivity index (χ2n) is 5.53. The summed E-state index contributed by atoms with van der Waals surface area (Å²) in [6.07, 6.45) is 0.222. The number of esters is 1. The normalized spacial score (nSPS) is 12.0. The van der Waals surface area contributed by atoms with E-state index in [0.29, 0.717) is 5.39 Å². The SMILES string of the molecule is CC(OC(=O)c1c[nH]c2ccc(Br)cc12)C(=O)Nc1c(F)cccc1F. The van der Waals surface area contributed by atoms with Crippen LogP contribution in [0.1, 0.15) is 17.3 Å². The number of benzene rings is 2. The molecule has 0 fully saturated rings. The van der Waals surface area contributed by atoms with Crippen molar-refractivity contribution in [2.75, 3.05) is 5.32 Å². The second kappa shape index (κ2) is 7.25. The average Bonchev–Trinajstić information content (AvgIpc) is 3.01. The number of carbonyl (C=O) groups excluding carboxylic acids is 2. The number of hydrogen-bond acceptors (Lipinski definition) is 3. The summed E-state index contributed by atoms with van der Waals surface area (Å²) in [5.41, 5.74) is 0.389. The Morgan fingerprint density at radius 3 is 2.58 bits per heavy atom. The first-order valence-electron chi connectivity index (χ1n) is 7.59. The highest BCUT2D eigenvalue weighted by Gasteiger charge is 2.23. The monoisotopic (exact) mass is 422 g/mol. The molecule has 0 saturated heterocycles. The minimum Gasteiger partial charge on any atom is -0.449 e. The van der Waals surface area contributed by atoms with Crippen LogP contribution in [0.3, 0.4) is 0 Å². The summed E-state index contributed by atoms with van der Waals surface area (Å²) in [5, 5.41) is 2.72. The number of amides is 1. The Bertz CT molecular complexity index is 983. The van der Waals surface area contributed by atoms with E-state index >= 15 is 0 Å². The van der Waals surface area contributed by atoms with Crippen LogP contribution in [0.15, 0.2) is 47.1 Å². The van der Waals surface area contributed by atoms with E-state index in [2.05, 4.69) is 26.2 Å². The molecule has 134 valence electrons. The predicted molar refractivity (Wildman–Crippen MR) is 95.9 cm³/mol. The summed E-state index contributed by atoms with van der Waals surface area (Å²) in [5.74, 6) is -3.41. The number of nitrogens with one attached hydrogen (secondary N) is 2. The van der Waals surface area contributed by atoms with Gasteiger partial charge >= 0.3 is 5.97 Å². The number of hydrogen-bond donors (Lipinski definition) is 2. The minimum atomic E-state index is -1.25. The topological polar surface area (TPSA) is 71.2 Å². The second-order valence-corrected chi connectivity index (χ2v) is 6.44. The third-order valence-corrected chi connectivity index (χ3v) is 4.22. The number of ether oxygens (including phenoxy) is 1. The summed E-state index contributed by atoms with van der Waals surface area (Å²) < 4.78 is 33.1. The Morgan fingerprint density at radius 1 is 1.19 bits per heavy atom. The molecule has 26 heavy (non-hydrogen) atoms. The summed E-state index contributed by atoms with van der Waals surface area (Å²) in [4.78, 5) is 27.4. The maximum Gasteiger partial charge on any atom is 0.341 e. The largest absolute Gasteiger partial charge is 0.449 e. The molecule has 1 atom stereocenters. The Hall–Kier alpha value is -2.74. The number of H-pyrrole nitrogens is 1. The lowest BCUT2D eigenvalue weighted by Gasteiger charge is -2.14. The maximum atomic E-state index is 13.6. The zero-order valence-corrected chi connectivity index (χ0v) is 15.1. The van der Waals surface area contributed by atoms with Gasteiger partial charge in [-0.2, -0.15) is 0 Å². The van der Waals surface area contributed by atoms with Gasteiger partial charge in [-0.3, -0.25) is 4.79 Å². The highest BCUT2D eigenvalue weighted by Crippen LogP contribution is 2.24. The van der Waals surface area contributed by atoms with Gasteiger partial charge in [0, 0.05) is 21.6 Å². The van der Waals surface area contributed by atoms with Crippen molar-refractivity contribution < 1.29 is 23.1 Å². The van der Waals surface area contributed by atoms with E-state index in [-0.39, 0.29) is 5.56 Å². The molecule has 0 spiro atoms. The molecule has 2 N–H and O–H groups in total. The van der Waals surface area contributed by atoms with Gasteiger partial charge in [0.1, 0.15) is 17.3 Å². The van der Waals surface area contributed by atoms with Gasteiger partial charge in [0.05, 0.1) is 5.56 Å². The Morgan fingerprint density at radius 2 is 1.88 bits per heavy atom. The first-order valence-corrected chi connectivity index (χ1v) is 8.38. The third kappa shape index (κ3) is 3.60. The molecule has 0 bridgehead atoms. The fraction of sp³-hybridized carbons (Fsp3) is 0.111. The van der Waals surface area contributed by atoms with Crippen molar-refractivity contribution >= 4 is 44.4 Å². The summed E-state index contributed by atoms with van der Waals surface area (Å²) >= 11 is 3.32. The molecule has 5 nitrogen and oxygen atoms in total. The van der Waals surface area contributed by atoms with Crippen molar-refractivity contribution in [3.8, 4) is 0 Å². The zero-order chi connectivity index (χ0) is 18.8. The van der Waals surface area contributed by atoms with Gasteiger partial charge < -0.3 is 15.0 Å². The van der Waals surface area contributed by atoms with Crippen molar-refractivity contribution in [1.29, 1.82) is 0 Å². The standard InChI is InChI=1S/C18H13BrF2N2O3/c1-9(17(24)23-16-13(20)3-2-4-14(16)21)26-18(25)12-8-22-15-6-5-10(19)7-11(12)15/h2-9,22H,1H3,(H,23,24). The Balaban J connectivity index is 1.74. The van der Waals surface area contributed by atoms with Crippen LogP contribution in [0.5, 0.6) is 0 Å². The summed E-state index contributed by atoms with van der Waals surface area (Å²) in [6, 6.07) is 8.54. The summed E-state index contributed by atoms with van der Waals surface area (Å²) in [6.45, 7) is 1.32. The lowest BCUT2D eigenvalue weighted by Crippen LogP contribution is -2.30. The Kier molecular flexibility index (Phi) is 5.03. The van der Waals surface area contributed by atoms with Crippen LogP contribution in [0.2, 0.25) is 0 Å². The van der Waals surface area contributed by atoms with Gasteiger partial charge in [-0.15, -0.1) is 0 Å². The first-order chi connectivity index (χ1) is 12.4. The minimum absolute atomic E-state index is 0.248. The van der Waals surface area contributed by atoms with Crippen molar-refractivity contribution in [1.82, 2.24) is 4.98 Å². The molecule has 0 radical (unpaired) electrons. The van der Waals surface area contributed by atoms with Crippen molar-refractivity contribution in [3.05, 3.63) is 64.3 Å². The van der Waals surface area contributed by atoms with Gasteiger partial charge in [0.2, 0.25) is 0 Å². The molecule has 1 unspecified atom stereocenters. The van der Waals surface area contributed by atoms with Gasteiger partial charge in [-0.1, -0.05) is 22.0 Å². The number of rotatable bonds is 4. The molecule has 8 heteroatoms. The number of aromatic nitrogens is 1. The van der Waals surface area contributed by atoms with Crippen LogP contribution in [0.4, 0.5) is 14.5 Å². The molecule has 0 aliphatic rings. The quantitative estimate of drug-likeness (QED) is 0.612. The van der Waals surface area contributed by atoms with Gasteiger partial charge in [-0.05, 0) is 37.3 Å². The number of halogens is 3. The molecular weight excluding hydrogens is 410 g/mol. The van der Waals surface area contributed by atoms with Crippen LogP contribution in [-0.2, 0) is 9.53 Å². The lowest BCUT2D eigenvalue weighted by atomic mass is 10.2. The fourth-order valence-electron chi connectivity index (χ4n) is 2.38. The van der Waals surface area contributed by atoms with E-state index in [1.54, 1.807) is 12.1 Å². The third-order valence-electron chi connectivity index (χ3n) is 3.73. The van der Waals surface area contributed by atoms with Crippen LogP contribution in [0.25, 0.3) is 10.9 Å². The van der Waals surface area contributed by atoms with Crippen LogP contribution in [-0.4, -0.2) is 23.0 Å². The maximum absolute atomic E-state index is 13.6. The number of carbonyl (C=O) groups is 2. The van der Waals surface area contributed by atoms with Crippen molar-refractivity contribution in [2.45, 2.75) is 13.0 Å². The fourth-order valence-corrected chi connectivity index (χ4v) is 2.74. The number of fused-ring (bicyclic) bond motifs is 1. The predicted octanol–water partition coefficient (Wildman–Crippen LogP) is 4.39. The number of para-hydroxylation sites is 1. The van der Waals surface area contributed by atoms with E-state index in [0.717, 1.165) is 22.1 Å². The van der Waals surface area contributed by atoms with Crippen LogP contribution in [0, 0.1) is 11.6 Å². The molecular formula is C18H13BrF2N2O3. The first kappa shape index (κ1) is 18.1. The molecule has 3 rings (SSSR count). The van der Waals surface area contributed by atoms with E-state index in [1.165, 1.54) is 19.2 Å². The molecule has 1 aromatic heterocycles. The highest BCUT2D eigenvalue weighted by molar-refractivity contribution is 9.10. The zero-order valence-electron chi connectivity index (χ0n) is 13.5. The molecule has 0 aliphatic heterocycles. The van der Waals surface area contributed by atoms with Crippen LogP contribution >= 0.6 is 15.9 Å². The van der Waals surface area contributed by atoms with Gasteiger partial charge in [-0.25, -0.2) is 13.6 Å². The number of anilines is 1.